The maximum atomic E-state index is 12.0. The zero-order valence-electron chi connectivity index (χ0n) is 11.8. The predicted molar refractivity (Wildman–Crippen MR) is 85.4 cm³/mol. The van der Waals surface area contributed by atoms with Gasteiger partial charge in [-0.2, -0.15) is 0 Å². The number of halogens is 1. The third-order valence-electron chi connectivity index (χ3n) is 3.07. The molecule has 5 nitrogen and oxygen atoms in total. The number of nitrogen functional groups attached to an aromatic ring is 1. The van der Waals surface area contributed by atoms with Crippen LogP contribution in [0.2, 0.25) is 5.02 Å². The van der Waals surface area contributed by atoms with Crippen LogP contribution in [0.25, 0.3) is 0 Å². The number of rotatable bonds is 6. The Bertz CT molecular complexity index is 549. The van der Waals surface area contributed by atoms with E-state index < -0.39 is 0 Å². The number of hydrogen-bond donors (Lipinski definition) is 2. The van der Waals surface area contributed by atoms with E-state index in [0.29, 0.717) is 16.8 Å². The van der Waals surface area contributed by atoms with Gasteiger partial charge in [0.2, 0.25) is 11.8 Å². The van der Waals surface area contributed by atoms with Gasteiger partial charge in [-0.15, -0.1) is 11.8 Å². The molecule has 0 heterocycles. The fraction of sp³-hybridized carbons (Fsp3) is 0.429. The molecule has 0 bridgehead atoms. The van der Waals surface area contributed by atoms with E-state index in [2.05, 4.69) is 5.32 Å². The number of nitrogens with two attached hydrogens (primary N) is 1. The second-order valence-electron chi connectivity index (χ2n) is 5.06. The van der Waals surface area contributed by atoms with Crippen molar-refractivity contribution in [2.75, 3.05) is 25.1 Å². The lowest BCUT2D eigenvalue weighted by molar-refractivity contribution is -0.132. The molecule has 0 spiro atoms. The van der Waals surface area contributed by atoms with Crippen LogP contribution in [0.4, 0.5) is 5.69 Å². The number of nitrogens with zero attached hydrogens (tertiary/aromatic N) is 1. The van der Waals surface area contributed by atoms with E-state index in [1.807, 2.05) is 0 Å². The first-order chi connectivity index (χ1) is 9.95. The van der Waals surface area contributed by atoms with Gasteiger partial charge in [0.05, 0.1) is 12.3 Å². The molecule has 3 N–H and O–H groups in total. The zero-order chi connectivity index (χ0) is 15.4. The number of thioether (sulfide) groups is 1. The van der Waals surface area contributed by atoms with Crippen molar-refractivity contribution in [3.05, 3.63) is 23.2 Å². The highest BCUT2D eigenvalue weighted by Gasteiger charge is 2.24. The number of carbonyl (C=O) groups excluding carboxylic acids is 2. The first-order valence-corrected chi connectivity index (χ1v) is 8.03. The number of likely N-dealkylation sites (N-methyl/N-ethyl adjacent to an activating group) is 1. The van der Waals surface area contributed by atoms with Gasteiger partial charge in [-0.1, -0.05) is 11.6 Å². The van der Waals surface area contributed by atoms with E-state index in [9.17, 15) is 9.59 Å². The maximum Gasteiger partial charge on any atom is 0.239 e. The van der Waals surface area contributed by atoms with Crippen molar-refractivity contribution < 1.29 is 9.59 Å². The summed E-state index contributed by atoms with van der Waals surface area (Å²) in [6.07, 6.45) is 2.07. The average molecular weight is 328 g/mol. The number of anilines is 1. The molecule has 1 fully saturated rings. The summed E-state index contributed by atoms with van der Waals surface area (Å²) < 4.78 is 0. The monoisotopic (exact) mass is 327 g/mol. The molecule has 0 atom stereocenters. The molecular formula is C14H18ClN3O2S. The van der Waals surface area contributed by atoms with Crippen molar-refractivity contribution in [1.29, 1.82) is 0 Å². The second kappa shape index (κ2) is 7.04. The molecule has 7 heteroatoms. The minimum absolute atomic E-state index is 0.0893. The maximum absolute atomic E-state index is 12.0. The molecule has 2 amide bonds. The molecule has 1 aliphatic rings. The highest BCUT2D eigenvalue weighted by atomic mass is 35.5. The van der Waals surface area contributed by atoms with Crippen LogP contribution in [0.15, 0.2) is 23.1 Å². The lowest BCUT2D eigenvalue weighted by Crippen LogP contribution is -2.39. The van der Waals surface area contributed by atoms with Gasteiger partial charge in [-0.3, -0.25) is 9.59 Å². The van der Waals surface area contributed by atoms with Crippen molar-refractivity contribution in [1.82, 2.24) is 10.2 Å². The molecule has 0 aromatic heterocycles. The Labute approximate surface area is 133 Å². The molecule has 1 saturated carbocycles. The molecule has 21 heavy (non-hydrogen) atoms. The van der Waals surface area contributed by atoms with E-state index in [4.69, 9.17) is 17.3 Å². The smallest absolute Gasteiger partial charge is 0.239 e. The van der Waals surface area contributed by atoms with Crippen molar-refractivity contribution in [2.45, 2.75) is 23.8 Å². The third kappa shape index (κ3) is 5.13. The van der Waals surface area contributed by atoms with Crippen LogP contribution in [0, 0.1) is 0 Å². The Hall–Kier alpha value is -1.40. The van der Waals surface area contributed by atoms with Gasteiger partial charge in [-0.05, 0) is 31.0 Å². The molecule has 114 valence electrons. The van der Waals surface area contributed by atoms with E-state index in [0.717, 1.165) is 17.7 Å². The number of nitrogens with one attached hydrogen (secondary N) is 1. The highest BCUT2D eigenvalue weighted by Crippen LogP contribution is 2.27. The number of carbonyl (C=O) groups is 2. The summed E-state index contributed by atoms with van der Waals surface area (Å²) in [5.41, 5.74) is 6.38. The van der Waals surface area contributed by atoms with Crippen molar-refractivity contribution in [3.8, 4) is 0 Å². The fourth-order valence-corrected chi connectivity index (χ4v) is 2.77. The average Bonchev–Trinajstić information content (AvgIpc) is 3.21. The summed E-state index contributed by atoms with van der Waals surface area (Å²) in [5, 5.41) is 3.42. The summed E-state index contributed by atoms with van der Waals surface area (Å²) in [6, 6.07) is 5.48. The number of benzene rings is 1. The Morgan fingerprint density at radius 1 is 1.48 bits per heavy atom. The van der Waals surface area contributed by atoms with Gasteiger partial charge in [0, 0.05) is 28.7 Å². The topological polar surface area (TPSA) is 75.4 Å². The van der Waals surface area contributed by atoms with Gasteiger partial charge < -0.3 is 16.0 Å². The molecule has 2 rings (SSSR count). The summed E-state index contributed by atoms with van der Waals surface area (Å²) in [5.74, 6) is 0.0172. The Kier molecular flexibility index (Phi) is 5.36. The molecule has 0 radical (unpaired) electrons. The second-order valence-corrected chi connectivity index (χ2v) is 6.52. The van der Waals surface area contributed by atoms with Gasteiger partial charge in [-0.25, -0.2) is 0 Å². The fourth-order valence-electron chi connectivity index (χ4n) is 1.71. The van der Waals surface area contributed by atoms with Crippen LogP contribution in [-0.2, 0) is 9.59 Å². The van der Waals surface area contributed by atoms with Crippen LogP contribution in [0.5, 0.6) is 0 Å². The first kappa shape index (κ1) is 16.0. The molecule has 1 aliphatic carbocycles. The highest BCUT2D eigenvalue weighted by molar-refractivity contribution is 8.00. The van der Waals surface area contributed by atoms with Gasteiger partial charge >= 0.3 is 0 Å². The van der Waals surface area contributed by atoms with E-state index in [1.165, 1.54) is 16.7 Å². The molecule has 0 unspecified atom stereocenters. The summed E-state index contributed by atoms with van der Waals surface area (Å²) >= 11 is 7.16. The third-order valence-corrected chi connectivity index (χ3v) is 4.38. The van der Waals surface area contributed by atoms with Gasteiger partial charge in [0.25, 0.3) is 0 Å². The Balaban J connectivity index is 1.78. The molecule has 1 aromatic rings. The van der Waals surface area contributed by atoms with Crippen molar-refractivity contribution >= 4 is 40.9 Å². The van der Waals surface area contributed by atoms with Crippen molar-refractivity contribution in [3.63, 3.8) is 0 Å². The Morgan fingerprint density at radius 2 is 2.19 bits per heavy atom. The normalized spacial score (nSPS) is 13.8. The predicted octanol–water partition coefficient (Wildman–Crippen LogP) is 1.75. The molecule has 0 saturated heterocycles. The van der Waals surface area contributed by atoms with Crippen molar-refractivity contribution in [2.24, 2.45) is 0 Å². The van der Waals surface area contributed by atoms with Gasteiger partial charge in [0.1, 0.15) is 0 Å². The van der Waals surface area contributed by atoms with E-state index in [-0.39, 0.29) is 24.1 Å². The van der Waals surface area contributed by atoms with Crippen LogP contribution >= 0.6 is 23.4 Å². The van der Waals surface area contributed by atoms with Crippen LogP contribution in [0.3, 0.4) is 0 Å². The number of amides is 2. The minimum Gasteiger partial charge on any atom is -0.398 e. The first-order valence-electron chi connectivity index (χ1n) is 6.67. The molecule has 1 aromatic carbocycles. The standard InChI is InChI=1S/C14H18ClN3O2S/c1-18(7-13(19)17-10-3-4-10)14(20)8-21-12-5-2-9(15)6-11(12)16/h2,5-6,10H,3-4,7-8,16H2,1H3,(H,17,19). The van der Waals surface area contributed by atoms with E-state index in [1.54, 1.807) is 25.2 Å². The lowest BCUT2D eigenvalue weighted by Gasteiger charge is -2.16. The number of hydrogen-bond acceptors (Lipinski definition) is 4. The van der Waals surface area contributed by atoms with E-state index >= 15 is 0 Å². The quantitative estimate of drug-likeness (QED) is 0.616. The Morgan fingerprint density at radius 3 is 2.81 bits per heavy atom. The molecular weight excluding hydrogens is 310 g/mol. The zero-order valence-corrected chi connectivity index (χ0v) is 13.3. The van der Waals surface area contributed by atoms with Gasteiger partial charge in [0.15, 0.2) is 0 Å². The lowest BCUT2D eigenvalue weighted by atomic mass is 10.3. The SMILES string of the molecule is CN(CC(=O)NC1CC1)C(=O)CSc1ccc(Cl)cc1N. The largest absolute Gasteiger partial charge is 0.398 e. The molecule has 0 aliphatic heterocycles. The minimum atomic E-state index is -0.111. The van der Waals surface area contributed by atoms with Crippen LogP contribution in [0.1, 0.15) is 12.8 Å². The van der Waals surface area contributed by atoms with Crippen LogP contribution < -0.4 is 11.1 Å². The summed E-state index contributed by atoms with van der Waals surface area (Å²) in [6.45, 7) is 0.0893. The van der Waals surface area contributed by atoms with Crippen LogP contribution in [-0.4, -0.2) is 42.1 Å². The summed E-state index contributed by atoms with van der Waals surface area (Å²) in [7, 11) is 1.63. The summed E-state index contributed by atoms with van der Waals surface area (Å²) in [4.78, 5) is 25.9.